The predicted octanol–water partition coefficient (Wildman–Crippen LogP) is 2.50. The molecule has 0 radical (unpaired) electrons. The zero-order chi connectivity index (χ0) is 9.42. The van der Waals surface area contributed by atoms with E-state index in [1.165, 1.54) is 6.07 Å². The molecule has 2 nitrogen and oxygen atoms in total. The molecule has 0 saturated carbocycles. The van der Waals surface area contributed by atoms with Gasteiger partial charge >= 0.3 is 0 Å². The highest BCUT2D eigenvalue weighted by Gasteiger charge is 2.25. The predicted molar refractivity (Wildman–Crippen MR) is 49.2 cm³/mol. The van der Waals surface area contributed by atoms with Gasteiger partial charge in [-0.1, -0.05) is 0 Å². The molecule has 1 aromatic rings. The third-order valence-electron chi connectivity index (χ3n) is 2.05. The van der Waals surface area contributed by atoms with Gasteiger partial charge in [-0.15, -0.1) is 0 Å². The molecule has 0 saturated heterocycles. The van der Waals surface area contributed by atoms with Gasteiger partial charge in [0.2, 0.25) is 6.29 Å². The molecule has 0 N–H and O–H groups in total. The van der Waals surface area contributed by atoms with Gasteiger partial charge in [0.25, 0.3) is 0 Å². The van der Waals surface area contributed by atoms with Gasteiger partial charge in [-0.2, -0.15) is 0 Å². The van der Waals surface area contributed by atoms with Crippen LogP contribution in [0, 0.1) is 5.82 Å². The number of hydrogen-bond donors (Lipinski definition) is 0. The van der Waals surface area contributed by atoms with Crippen molar-refractivity contribution < 1.29 is 13.9 Å². The number of benzene rings is 1. The van der Waals surface area contributed by atoms with Crippen molar-refractivity contribution >= 4 is 15.9 Å². The van der Waals surface area contributed by atoms with Crippen molar-refractivity contribution in [1.29, 1.82) is 0 Å². The van der Waals surface area contributed by atoms with E-state index in [1.807, 2.05) is 0 Å². The number of ether oxygens (including phenoxy) is 2. The van der Waals surface area contributed by atoms with Crippen LogP contribution in [0.2, 0.25) is 0 Å². The van der Waals surface area contributed by atoms with Gasteiger partial charge in [0.1, 0.15) is 11.6 Å². The van der Waals surface area contributed by atoms with E-state index in [0.29, 0.717) is 16.6 Å². The van der Waals surface area contributed by atoms with Crippen molar-refractivity contribution in [3.63, 3.8) is 0 Å². The molecule has 1 aromatic carbocycles. The van der Waals surface area contributed by atoms with E-state index in [0.717, 1.165) is 5.56 Å². The fraction of sp³-hybridized carbons (Fsp3) is 0.333. The number of methoxy groups -OCH3 is 1. The highest BCUT2D eigenvalue weighted by atomic mass is 79.9. The Labute approximate surface area is 83.8 Å². The fourth-order valence-electron chi connectivity index (χ4n) is 1.36. The van der Waals surface area contributed by atoms with Gasteiger partial charge in [0.05, 0.1) is 4.47 Å². The van der Waals surface area contributed by atoms with Gasteiger partial charge in [-0.3, -0.25) is 0 Å². The Kier molecular flexibility index (Phi) is 2.26. The van der Waals surface area contributed by atoms with Crippen LogP contribution in [-0.4, -0.2) is 13.4 Å². The lowest BCUT2D eigenvalue weighted by Gasteiger charge is -2.06. The molecule has 2 rings (SSSR count). The zero-order valence-corrected chi connectivity index (χ0v) is 8.60. The normalized spacial score (nSPS) is 19.8. The molecule has 0 aromatic heterocycles. The summed E-state index contributed by atoms with van der Waals surface area (Å²) in [7, 11) is 1.57. The minimum Gasteiger partial charge on any atom is -0.464 e. The Hall–Kier alpha value is -0.610. The van der Waals surface area contributed by atoms with Crippen molar-refractivity contribution in [3.8, 4) is 5.75 Å². The Bertz CT molecular complexity index is 341. The second kappa shape index (κ2) is 3.27. The van der Waals surface area contributed by atoms with Crippen LogP contribution < -0.4 is 4.74 Å². The lowest BCUT2D eigenvalue weighted by molar-refractivity contribution is -0.0367. The summed E-state index contributed by atoms with van der Waals surface area (Å²) in [6.07, 6.45) is 0.303. The van der Waals surface area contributed by atoms with Crippen LogP contribution in [-0.2, 0) is 11.2 Å². The average Bonchev–Trinajstić information content (AvgIpc) is 2.55. The third kappa shape index (κ3) is 1.44. The van der Waals surface area contributed by atoms with E-state index >= 15 is 0 Å². The van der Waals surface area contributed by atoms with Crippen molar-refractivity contribution in [3.05, 3.63) is 28.0 Å². The van der Waals surface area contributed by atoms with E-state index < -0.39 is 0 Å². The van der Waals surface area contributed by atoms with Crippen LogP contribution in [0.5, 0.6) is 5.75 Å². The monoisotopic (exact) mass is 246 g/mol. The highest BCUT2D eigenvalue weighted by Crippen LogP contribution is 2.36. The van der Waals surface area contributed by atoms with Crippen molar-refractivity contribution in [2.75, 3.05) is 7.11 Å². The summed E-state index contributed by atoms with van der Waals surface area (Å²) < 4.78 is 23.9. The second-order valence-corrected chi connectivity index (χ2v) is 3.62. The van der Waals surface area contributed by atoms with E-state index in [2.05, 4.69) is 15.9 Å². The molecule has 0 unspecified atom stereocenters. The first-order chi connectivity index (χ1) is 6.22. The molecule has 0 aliphatic carbocycles. The molecule has 1 atom stereocenters. The quantitative estimate of drug-likeness (QED) is 0.759. The van der Waals surface area contributed by atoms with E-state index in [4.69, 9.17) is 9.47 Å². The molecule has 1 aliphatic heterocycles. The number of hydrogen-bond acceptors (Lipinski definition) is 2. The molecular weight excluding hydrogens is 239 g/mol. The van der Waals surface area contributed by atoms with Gasteiger partial charge in [0.15, 0.2) is 0 Å². The molecule has 70 valence electrons. The van der Waals surface area contributed by atoms with E-state index in [-0.39, 0.29) is 12.1 Å². The molecular formula is C9H8BrFO2. The number of rotatable bonds is 1. The van der Waals surface area contributed by atoms with Gasteiger partial charge in [0, 0.05) is 19.1 Å². The van der Waals surface area contributed by atoms with E-state index in [9.17, 15) is 4.39 Å². The Morgan fingerprint density at radius 3 is 3.08 bits per heavy atom. The van der Waals surface area contributed by atoms with Gasteiger partial charge < -0.3 is 9.47 Å². The molecule has 13 heavy (non-hydrogen) atoms. The van der Waals surface area contributed by atoms with Gasteiger partial charge in [-0.05, 0) is 28.1 Å². The van der Waals surface area contributed by atoms with E-state index in [1.54, 1.807) is 13.2 Å². The second-order valence-electron chi connectivity index (χ2n) is 2.83. The number of fused-ring (bicyclic) bond motifs is 1. The van der Waals surface area contributed by atoms with Crippen LogP contribution in [0.3, 0.4) is 0 Å². The summed E-state index contributed by atoms with van der Waals surface area (Å²) in [4.78, 5) is 0. The Morgan fingerprint density at radius 2 is 2.38 bits per heavy atom. The van der Waals surface area contributed by atoms with Crippen molar-refractivity contribution in [1.82, 2.24) is 0 Å². The maximum Gasteiger partial charge on any atom is 0.203 e. The molecule has 0 fully saturated rings. The van der Waals surface area contributed by atoms with Crippen LogP contribution >= 0.6 is 15.9 Å². The standard InChI is InChI=1S/C9H8BrFO2/c1-12-8-4-5-7(13-8)3-2-6(11)9(5)10/h2-3,8H,4H2,1H3/t8-/m0/s1. The first kappa shape index (κ1) is 8.97. The lowest BCUT2D eigenvalue weighted by Crippen LogP contribution is -2.14. The van der Waals surface area contributed by atoms with Crippen LogP contribution in [0.15, 0.2) is 16.6 Å². The Balaban J connectivity index is 2.40. The van der Waals surface area contributed by atoms with Crippen molar-refractivity contribution in [2.45, 2.75) is 12.7 Å². The molecule has 1 heterocycles. The smallest absolute Gasteiger partial charge is 0.203 e. The van der Waals surface area contributed by atoms with Gasteiger partial charge in [-0.25, -0.2) is 4.39 Å². The molecule has 0 spiro atoms. The topological polar surface area (TPSA) is 18.5 Å². The largest absolute Gasteiger partial charge is 0.464 e. The highest BCUT2D eigenvalue weighted by molar-refractivity contribution is 9.10. The maximum atomic E-state index is 13.1. The maximum absolute atomic E-state index is 13.1. The van der Waals surface area contributed by atoms with Crippen LogP contribution in [0.25, 0.3) is 0 Å². The molecule has 4 heteroatoms. The average molecular weight is 247 g/mol. The minimum absolute atomic E-state index is 0.265. The molecule has 0 bridgehead atoms. The SMILES string of the molecule is CO[C@@H]1Cc2c(ccc(F)c2Br)O1. The van der Waals surface area contributed by atoms with Crippen LogP contribution in [0.4, 0.5) is 4.39 Å². The summed E-state index contributed by atoms with van der Waals surface area (Å²) in [6, 6.07) is 3.00. The molecule has 1 aliphatic rings. The Morgan fingerprint density at radius 1 is 1.62 bits per heavy atom. The zero-order valence-electron chi connectivity index (χ0n) is 7.01. The summed E-state index contributed by atoms with van der Waals surface area (Å²) in [5.41, 5.74) is 0.840. The summed E-state index contributed by atoms with van der Waals surface area (Å²) >= 11 is 3.18. The first-order valence-electron chi connectivity index (χ1n) is 3.88. The summed E-state index contributed by atoms with van der Waals surface area (Å²) in [6.45, 7) is 0. The summed E-state index contributed by atoms with van der Waals surface area (Å²) in [5, 5.41) is 0. The minimum atomic E-state index is -0.284. The van der Waals surface area contributed by atoms with Crippen molar-refractivity contribution in [2.24, 2.45) is 0 Å². The van der Waals surface area contributed by atoms with Crippen LogP contribution in [0.1, 0.15) is 5.56 Å². The fourth-order valence-corrected chi connectivity index (χ4v) is 1.85. The number of halogens is 2. The first-order valence-corrected chi connectivity index (χ1v) is 4.68. The molecule has 0 amide bonds. The summed E-state index contributed by atoms with van der Waals surface area (Å²) in [5.74, 6) is 0.430. The lowest BCUT2D eigenvalue weighted by atomic mass is 10.1. The third-order valence-corrected chi connectivity index (χ3v) is 2.90.